The summed E-state index contributed by atoms with van der Waals surface area (Å²) in [5.74, 6) is 1.53. The lowest BCUT2D eigenvalue weighted by atomic mass is 9.72. The third-order valence-corrected chi connectivity index (χ3v) is 7.75. The number of nitrogens with one attached hydrogen (secondary N) is 1. The summed E-state index contributed by atoms with van der Waals surface area (Å²) in [6.45, 7) is 10.9. The van der Waals surface area contributed by atoms with E-state index in [1.54, 1.807) is 7.11 Å². The smallest absolute Gasteiger partial charge is 0.133 e. The SMILES string of the molecule is CCOc1cc(C(C)(C)OC)ccc1C1=NC(C)(c2ccc(Cl)cc2)C(C)(c2ccc(Cl)cc2)N1. The van der Waals surface area contributed by atoms with E-state index in [-0.39, 0.29) is 0 Å². The number of hydrogen-bond acceptors (Lipinski definition) is 4. The number of halogens is 2. The van der Waals surface area contributed by atoms with Gasteiger partial charge in [0.05, 0.1) is 23.3 Å². The zero-order valence-electron chi connectivity index (χ0n) is 21.1. The van der Waals surface area contributed by atoms with Crippen molar-refractivity contribution < 1.29 is 9.47 Å². The van der Waals surface area contributed by atoms with Gasteiger partial charge in [-0.2, -0.15) is 0 Å². The number of ether oxygens (including phenoxy) is 2. The Morgan fingerprint density at radius 1 is 0.886 bits per heavy atom. The summed E-state index contributed by atoms with van der Waals surface area (Å²) in [6.07, 6.45) is 0. The molecule has 0 aromatic heterocycles. The van der Waals surface area contributed by atoms with Crippen molar-refractivity contribution in [3.8, 4) is 5.75 Å². The van der Waals surface area contributed by atoms with E-state index in [1.807, 2.05) is 63.2 Å². The van der Waals surface area contributed by atoms with Crippen LogP contribution >= 0.6 is 23.2 Å². The zero-order chi connectivity index (χ0) is 25.4. The molecule has 3 aromatic rings. The summed E-state index contributed by atoms with van der Waals surface area (Å²) in [5.41, 5.74) is 2.44. The van der Waals surface area contributed by atoms with Gasteiger partial charge in [-0.05, 0) is 87.7 Å². The van der Waals surface area contributed by atoms with Gasteiger partial charge < -0.3 is 14.8 Å². The molecule has 1 aliphatic heterocycles. The van der Waals surface area contributed by atoms with Crippen molar-refractivity contribution in [1.82, 2.24) is 5.32 Å². The zero-order valence-corrected chi connectivity index (χ0v) is 22.6. The lowest BCUT2D eigenvalue weighted by molar-refractivity contribution is 0.0190. The molecule has 1 aliphatic rings. The van der Waals surface area contributed by atoms with Crippen LogP contribution in [0.1, 0.15) is 56.9 Å². The quantitative estimate of drug-likeness (QED) is 0.358. The minimum absolute atomic E-state index is 0.440. The van der Waals surface area contributed by atoms with Crippen LogP contribution in [0.4, 0.5) is 0 Å². The van der Waals surface area contributed by atoms with Gasteiger partial charge in [0, 0.05) is 17.2 Å². The Balaban J connectivity index is 1.89. The van der Waals surface area contributed by atoms with E-state index >= 15 is 0 Å². The predicted molar refractivity (Wildman–Crippen MR) is 145 cm³/mol. The number of aliphatic imine (C=N–C) groups is 1. The number of nitrogens with zero attached hydrogens (tertiary/aromatic N) is 1. The molecule has 0 fully saturated rings. The van der Waals surface area contributed by atoms with Crippen LogP contribution in [-0.4, -0.2) is 19.6 Å². The molecule has 184 valence electrons. The number of hydrogen-bond donors (Lipinski definition) is 1. The van der Waals surface area contributed by atoms with Crippen molar-refractivity contribution in [1.29, 1.82) is 0 Å². The summed E-state index contributed by atoms with van der Waals surface area (Å²) in [7, 11) is 1.71. The molecular weight excluding hydrogens is 479 g/mol. The molecule has 0 radical (unpaired) electrons. The Morgan fingerprint density at radius 2 is 1.46 bits per heavy atom. The van der Waals surface area contributed by atoms with Gasteiger partial charge in [0.1, 0.15) is 17.1 Å². The fraction of sp³-hybridized carbons (Fsp3) is 0.345. The van der Waals surface area contributed by atoms with Crippen molar-refractivity contribution in [2.24, 2.45) is 4.99 Å². The third kappa shape index (κ3) is 4.55. The number of benzene rings is 3. The van der Waals surface area contributed by atoms with Crippen LogP contribution in [-0.2, 0) is 21.4 Å². The monoisotopic (exact) mass is 510 g/mol. The van der Waals surface area contributed by atoms with Gasteiger partial charge in [-0.3, -0.25) is 4.99 Å². The Kier molecular flexibility index (Phi) is 6.93. The van der Waals surface area contributed by atoms with Gasteiger partial charge in [-0.25, -0.2) is 0 Å². The summed E-state index contributed by atoms with van der Waals surface area (Å²) in [5, 5.41) is 5.14. The maximum atomic E-state index is 6.22. The lowest BCUT2D eigenvalue weighted by Crippen LogP contribution is -2.50. The van der Waals surface area contributed by atoms with E-state index in [1.165, 1.54) is 0 Å². The van der Waals surface area contributed by atoms with E-state index in [4.69, 9.17) is 37.7 Å². The minimum Gasteiger partial charge on any atom is -0.493 e. The fourth-order valence-corrected chi connectivity index (χ4v) is 4.85. The summed E-state index contributed by atoms with van der Waals surface area (Å²) in [6, 6.07) is 22.0. The van der Waals surface area contributed by atoms with Gasteiger partial charge in [-0.15, -0.1) is 0 Å². The summed E-state index contributed by atoms with van der Waals surface area (Å²) < 4.78 is 11.8. The van der Waals surface area contributed by atoms with Gasteiger partial charge in [0.25, 0.3) is 0 Å². The minimum atomic E-state index is -0.630. The Hall–Kier alpha value is -2.53. The predicted octanol–water partition coefficient (Wildman–Crippen LogP) is 7.45. The van der Waals surface area contributed by atoms with E-state index in [9.17, 15) is 0 Å². The largest absolute Gasteiger partial charge is 0.493 e. The van der Waals surface area contributed by atoms with E-state index < -0.39 is 16.7 Å². The maximum Gasteiger partial charge on any atom is 0.133 e. The van der Waals surface area contributed by atoms with Crippen LogP contribution in [0.25, 0.3) is 0 Å². The standard InChI is InChI=1S/C29H32Cl2N2O2/c1-7-35-25-18-21(27(2,3)34-6)12-17-24(25)26-32-28(4,19-8-13-22(30)14-9-19)29(5,33-26)20-10-15-23(31)16-11-20/h8-18H,7H2,1-6H3,(H,32,33). The molecule has 0 aliphatic carbocycles. The Morgan fingerprint density at radius 3 is 2.00 bits per heavy atom. The molecule has 1 heterocycles. The highest BCUT2D eigenvalue weighted by molar-refractivity contribution is 6.30. The molecule has 0 saturated carbocycles. The van der Waals surface area contributed by atoms with Crippen LogP contribution in [0, 0.1) is 0 Å². The van der Waals surface area contributed by atoms with Crippen molar-refractivity contribution in [2.75, 3.05) is 13.7 Å². The second-order valence-corrected chi connectivity index (χ2v) is 10.5. The molecule has 35 heavy (non-hydrogen) atoms. The first kappa shape index (κ1) is 25.6. The van der Waals surface area contributed by atoms with Gasteiger partial charge in [0.15, 0.2) is 0 Å². The summed E-state index contributed by atoms with van der Waals surface area (Å²) in [4.78, 5) is 5.32. The first-order chi connectivity index (χ1) is 16.5. The fourth-order valence-electron chi connectivity index (χ4n) is 4.60. The van der Waals surface area contributed by atoms with Gasteiger partial charge >= 0.3 is 0 Å². The molecule has 1 N–H and O–H groups in total. The highest BCUT2D eigenvalue weighted by atomic mass is 35.5. The molecule has 2 atom stereocenters. The van der Waals surface area contributed by atoms with Crippen molar-refractivity contribution in [3.05, 3.63) is 99.0 Å². The Labute approximate surface area is 218 Å². The first-order valence-electron chi connectivity index (χ1n) is 11.8. The molecule has 0 amide bonds. The molecule has 4 nitrogen and oxygen atoms in total. The van der Waals surface area contributed by atoms with Crippen LogP contribution in [0.2, 0.25) is 10.0 Å². The van der Waals surface area contributed by atoms with Crippen molar-refractivity contribution in [3.63, 3.8) is 0 Å². The average molecular weight is 511 g/mol. The first-order valence-corrected chi connectivity index (χ1v) is 12.5. The van der Waals surface area contributed by atoms with Gasteiger partial charge in [0.2, 0.25) is 0 Å². The highest BCUT2D eigenvalue weighted by Gasteiger charge is 2.52. The second-order valence-electron chi connectivity index (χ2n) is 9.65. The van der Waals surface area contributed by atoms with Crippen LogP contribution < -0.4 is 10.1 Å². The van der Waals surface area contributed by atoms with Crippen LogP contribution in [0.15, 0.2) is 71.7 Å². The lowest BCUT2D eigenvalue weighted by Gasteiger charge is -2.40. The highest BCUT2D eigenvalue weighted by Crippen LogP contribution is 2.48. The van der Waals surface area contributed by atoms with Crippen molar-refractivity contribution >= 4 is 29.0 Å². The maximum absolute atomic E-state index is 6.22. The molecule has 6 heteroatoms. The van der Waals surface area contributed by atoms with E-state index in [0.717, 1.165) is 33.8 Å². The third-order valence-electron chi connectivity index (χ3n) is 7.25. The number of rotatable bonds is 7. The molecule has 2 unspecified atom stereocenters. The van der Waals surface area contributed by atoms with E-state index in [0.29, 0.717) is 16.7 Å². The topological polar surface area (TPSA) is 42.9 Å². The molecule has 0 bridgehead atoms. The second kappa shape index (κ2) is 9.50. The van der Waals surface area contributed by atoms with Gasteiger partial charge in [-0.1, -0.05) is 53.5 Å². The van der Waals surface area contributed by atoms with Crippen LogP contribution in [0.5, 0.6) is 5.75 Å². The summed E-state index contributed by atoms with van der Waals surface area (Å²) >= 11 is 12.4. The normalized spacial score (nSPS) is 22.0. The molecule has 3 aromatic carbocycles. The Bertz CT molecular complexity index is 1240. The van der Waals surface area contributed by atoms with E-state index in [2.05, 4.69) is 43.4 Å². The van der Waals surface area contributed by atoms with Crippen molar-refractivity contribution in [2.45, 2.75) is 51.3 Å². The van der Waals surface area contributed by atoms with Crippen LogP contribution in [0.3, 0.4) is 0 Å². The molecule has 0 saturated heterocycles. The molecule has 0 spiro atoms. The number of methoxy groups -OCH3 is 1. The molecule has 4 rings (SSSR count). The molecular formula is C29H32Cl2N2O2. The number of amidine groups is 1. The average Bonchev–Trinajstić information content (AvgIpc) is 3.12.